The van der Waals surface area contributed by atoms with Gasteiger partial charge in [0.05, 0.1) is 11.6 Å². The van der Waals surface area contributed by atoms with Crippen molar-refractivity contribution < 1.29 is 8.78 Å². The van der Waals surface area contributed by atoms with Gasteiger partial charge in [0.2, 0.25) is 0 Å². The highest BCUT2D eigenvalue weighted by Crippen LogP contribution is 2.22. The number of halogens is 2. The zero-order valence-corrected chi connectivity index (χ0v) is 11.5. The van der Waals surface area contributed by atoms with E-state index < -0.39 is 11.6 Å². The minimum absolute atomic E-state index is 0.00870. The van der Waals surface area contributed by atoms with Crippen LogP contribution in [0.1, 0.15) is 18.9 Å². The lowest BCUT2D eigenvalue weighted by Gasteiger charge is -2.11. The van der Waals surface area contributed by atoms with Crippen LogP contribution < -0.4 is 10.6 Å². The summed E-state index contributed by atoms with van der Waals surface area (Å²) in [6.45, 7) is 2.48. The molecule has 1 heterocycles. The van der Waals surface area contributed by atoms with Crippen molar-refractivity contribution in [3.8, 4) is 6.07 Å². The topological polar surface area (TPSA) is 60.7 Å². The van der Waals surface area contributed by atoms with Crippen molar-refractivity contribution in [2.45, 2.75) is 13.3 Å². The van der Waals surface area contributed by atoms with E-state index in [1.165, 1.54) is 0 Å². The Morgan fingerprint density at radius 3 is 2.43 bits per heavy atom. The van der Waals surface area contributed by atoms with E-state index >= 15 is 0 Å². The van der Waals surface area contributed by atoms with Crippen molar-refractivity contribution in [3.05, 3.63) is 47.5 Å². The Bertz CT molecular complexity index is 663. The summed E-state index contributed by atoms with van der Waals surface area (Å²) in [5.74, 6) is -1.57. The summed E-state index contributed by atoms with van der Waals surface area (Å²) in [4.78, 5) is 3.91. The van der Waals surface area contributed by atoms with E-state index in [9.17, 15) is 8.78 Å². The van der Waals surface area contributed by atoms with Crippen molar-refractivity contribution in [1.29, 1.82) is 5.26 Å². The summed E-state index contributed by atoms with van der Waals surface area (Å²) in [6, 6.07) is 9.23. The number of nitrogens with one attached hydrogen (secondary N) is 2. The number of hydrogen-bond donors (Lipinski definition) is 2. The molecule has 21 heavy (non-hydrogen) atoms. The lowest BCUT2D eigenvalue weighted by atomic mass is 10.2. The van der Waals surface area contributed by atoms with Crippen LogP contribution in [0.25, 0.3) is 0 Å². The number of rotatable bonds is 5. The van der Waals surface area contributed by atoms with E-state index in [4.69, 9.17) is 5.26 Å². The van der Waals surface area contributed by atoms with Gasteiger partial charge in [-0.2, -0.15) is 5.26 Å². The van der Waals surface area contributed by atoms with Gasteiger partial charge in [0, 0.05) is 18.3 Å². The van der Waals surface area contributed by atoms with Crippen molar-refractivity contribution >= 4 is 17.3 Å². The molecule has 0 saturated heterocycles. The largest absolute Gasteiger partial charge is 0.368 e. The molecule has 0 unspecified atom stereocenters. The van der Waals surface area contributed by atoms with Crippen LogP contribution in [-0.2, 0) is 0 Å². The maximum atomic E-state index is 13.7. The van der Waals surface area contributed by atoms with Gasteiger partial charge < -0.3 is 10.6 Å². The maximum absolute atomic E-state index is 13.7. The summed E-state index contributed by atoms with van der Waals surface area (Å²) in [5, 5.41) is 14.3. The molecule has 0 radical (unpaired) electrons. The van der Waals surface area contributed by atoms with Gasteiger partial charge in [0.15, 0.2) is 23.3 Å². The molecular weight excluding hydrogens is 274 g/mol. The number of nitriles is 1. The first-order valence-corrected chi connectivity index (χ1v) is 6.51. The third kappa shape index (κ3) is 3.66. The van der Waals surface area contributed by atoms with E-state index in [2.05, 4.69) is 15.6 Å². The molecular formula is C15H14F2N4. The molecule has 0 amide bonds. The second-order valence-corrected chi connectivity index (χ2v) is 4.39. The van der Waals surface area contributed by atoms with Gasteiger partial charge in [0.1, 0.15) is 0 Å². The molecule has 0 aliphatic rings. The minimum Gasteiger partial charge on any atom is -0.368 e. The van der Waals surface area contributed by atoms with E-state index in [1.54, 1.807) is 24.3 Å². The van der Waals surface area contributed by atoms with Crippen molar-refractivity contribution in [3.63, 3.8) is 0 Å². The summed E-state index contributed by atoms with van der Waals surface area (Å²) < 4.78 is 27.3. The van der Waals surface area contributed by atoms with E-state index in [-0.39, 0.29) is 11.6 Å². The van der Waals surface area contributed by atoms with E-state index in [0.717, 1.165) is 12.5 Å². The number of aromatic nitrogens is 1. The van der Waals surface area contributed by atoms with Gasteiger partial charge in [-0.3, -0.25) is 0 Å². The number of anilines is 3. The van der Waals surface area contributed by atoms with Crippen LogP contribution in [-0.4, -0.2) is 11.5 Å². The van der Waals surface area contributed by atoms with Crippen molar-refractivity contribution in [2.75, 3.05) is 17.2 Å². The van der Waals surface area contributed by atoms with Crippen LogP contribution in [0.2, 0.25) is 0 Å². The smallest absolute Gasteiger partial charge is 0.169 e. The van der Waals surface area contributed by atoms with Crippen LogP contribution >= 0.6 is 0 Å². The molecule has 0 saturated carbocycles. The highest BCUT2D eigenvalue weighted by atomic mass is 19.1. The molecule has 6 heteroatoms. The third-order valence-electron chi connectivity index (χ3n) is 2.75. The Morgan fingerprint density at radius 2 is 1.81 bits per heavy atom. The molecule has 2 aromatic rings. The fourth-order valence-electron chi connectivity index (χ4n) is 1.69. The molecule has 108 valence electrons. The van der Waals surface area contributed by atoms with Crippen LogP contribution in [0.15, 0.2) is 30.3 Å². The van der Waals surface area contributed by atoms with E-state index in [0.29, 0.717) is 17.8 Å². The van der Waals surface area contributed by atoms with Crippen LogP contribution in [0, 0.1) is 23.0 Å². The third-order valence-corrected chi connectivity index (χ3v) is 2.75. The van der Waals surface area contributed by atoms with Crippen LogP contribution in [0.5, 0.6) is 0 Å². The molecule has 4 nitrogen and oxygen atoms in total. The van der Waals surface area contributed by atoms with Gasteiger partial charge in [-0.1, -0.05) is 6.92 Å². The Balaban J connectivity index is 2.23. The van der Waals surface area contributed by atoms with Gasteiger partial charge in [-0.05, 0) is 30.7 Å². The highest BCUT2D eigenvalue weighted by Gasteiger charge is 2.11. The Labute approximate surface area is 121 Å². The second-order valence-electron chi connectivity index (χ2n) is 4.39. The Hall–Kier alpha value is -2.68. The first-order chi connectivity index (χ1) is 10.1. The average molecular weight is 288 g/mol. The van der Waals surface area contributed by atoms with Gasteiger partial charge in [0.25, 0.3) is 0 Å². The summed E-state index contributed by atoms with van der Waals surface area (Å²) in [6.07, 6.45) is 0.802. The first kappa shape index (κ1) is 14.7. The predicted octanol–water partition coefficient (Wildman–Crippen LogP) is 3.80. The first-order valence-electron chi connectivity index (χ1n) is 6.51. The van der Waals surface area contributed by atoms with Crippen molar-refractivity contribution in [1.82, 2.24) is 4.98 Å². The van der Waals surface area contributed by atoms with E-state index in [1.807, 2.05) is 13.0 Å². The lowest BCUT2D eigenvalue weighted by molar-refractivity contribution is 0.579. The summed E-state index contributed by atoms with van der Waals surface area (Å²) >= 11 is 0. The zero-order chi connectivity index (χ0) is 15.2. The molecule has 1 aromatic heterocycles. The lowest BCUT2D eigenvalue weighted by Crippen LogP contribution is -2.07. The molecule has 2 rings (SSSR count). The molecule has 0 aliphatic carbocycles. The van der Waals surface area contributed by atoms with Gasteiger partial charge >= 0.3 is 0 Å². The van der Waals surface area contributed by atoms with Crippen molar-refractivity contribution in [2.24, 2.45) is 0 Å². The number of hydrogen-bond acceptors (Lipinski definition) is 4. The number of nitrogens with zero attached hydrogens (tertiary/aromatic N) is 2. The standard InChI is InChI=1S/C15H14F2N4/c1-2-7-19-14-12(16)8-13(17)15(21-14)20-11-5-3-10(9-18)4-6-11/h3-6,8H,2,7H2,1H3,(H2,19,20,21). The fraction of sp³-hybridized carbons (Fsp3) is 0.200. The SMILES string of the molecule is CCCNc1nc(Nc2ccc(C#N)cc2)c(F)cc1F. The van der Waals surface area contributed by atoms with Crippen LogP contribution in [0.4, 0.5) is 26.1 Å². The minimum atomic E-state index is -0.779. The van der Waals surface area contributed by atoms with Gasteiger partial charge in [-0.15, -0.1) is 0 Å². The maximum Gasteiger partial charge on any atom is 0.169 e. The monoisotopic (exact) mass is 288 g/mol. The Morgan fingerprint density at radius 1 is 1.14 bits per heavy atom. The normalized spacial score (nSPS) is 10.0. The molecule has 0 fully saturated rings. The zero-order valence-electron chi connectivity index (χ0n) is 11.5. The molecule has 0 bridgehead atoms. The van der Waals surface area contributed by atoms with Crippen LogP contribution in [0.3, 0.4) is 0 Å². The van der Waals surface area contributed by atoms with Gasteiger partial charge in [-0.25, -0.2) is 13.8 Å². The molecule has 0 atom stereocenters. The molecule has 0 spiro atoms. The summed E-state index contributed by atoms with van der Waals surface area (Å²) in [5.41, 5.74) is 1.06. The predicted molar refractivity (Wildman–Crippen MR) is 77.4 cm³/mol. The second kappa shape index (κ2) is 6.66. The highest BCUT2D eigenvalue weighted by molar-refractivity contribution is 5.59. The fourth-order valence-corrected chi connectivity index (χ4v) is 1.69. The Kier molecular flexibility index (Phi) is 4.67. The summed E-state index contributed by atoms with van der Waals surface area (Å²) in [7, 11) is 0. The average Bonchev–Trinajstić information content (AvgIpc) is 2.49. The number of benzene rings is 1. The number of pyridine rings is 1. The quantitative estimate of drug-likeness (QED) is 0.878. The molecule has 2 N–H and O–H groups in total. The molecule has 1 aromatic carbocycles. The molecule has 0 aliphatic heterocycles.